The summed E-state index contributed by atoms with van der Waals surface area (Å²) >= 11 is 1.27. The third-order valence-electron chi connectivity index (χ3n) is 3.59. The van der Waals surface area contributed by atoms with E-state index in [1.807, 2.05) is 6.92 Å². The van der Waals surface area contributed by atoms with E-state index in [-0.39, 0.29) is 53.8 Å². The van der Waals surface area contributed by atoms with Crippen molar-refractivity contribution in [2.24, 2.45) is 0 Å². The Bertz CT molecular complexity index is 571. The number of hydrogen-bond donors (Lipinski definition) is 2. The van der Waals surface area contributed by atoms with E-state index < -0.39 is 5.97 Å². The number of carboxylic acid groups (broad SMARTS) is 1. The standard InChI is InChI=1S/C14H18N2O4S.Na/c1-8(7-17)10-6-16-11(10)5-12(13(16)14(19)20)21-4-3-15-9(2)18;/h3-4,11,17H,5-7H2,1-2H3,(H,15,18)(H,19,20);/q;+1/p-1. The van der Waals surface area contributed by atoms with E-state index in [2.05, 4.69) is 5.32 Å². The molecule has 2 aliphatic heterocycles. The molecular weight excluding hydrogens is 315 g/mol. The summed E-state index contributed by atoms with van der Waals surface area (Å²) in [5, 5.41) is 24.6. The van der Waals surface area contributed by atoms with Gasteiger partial charge < -0.3 is 25.2 Å². The van der Waals surface area contributed by atoms with Crippen LogP contribution in [-0.4, -0.2) is 41.1 Å². The minimum absolute atomic E-state index is 0. The van der Waals surface area contributed by atoms with Crippen molar-refractivity contribution in [3.8, 4) is 0 Å². The minimum atomic E-state index is -1.19. The van der Waals surface area contributed by atoms with E-state index >= 15 is 0 Å². The fraction of sp³-hybridized carbons (Fsp3) is 0.429. The summed E-state index contributed by atoms with van der Waals surface area (Å²) in [6, 6.07) is 0.0155. The second-order valence-electron chi connectivity index (χ2n) is 4.99. The number of carbonyl (C=O) groups is 2. The molecule has 1 atom stereocenters. The number of carbonyl (C=O) groups excluding carboxylic acids is 2. The first-order valence-electron chi connectivity index (χ1n) is 6.55. The maximum absolute atomic E-state index is 11.3. The number of fused-ring (bicyclic) bond motifs is 1. The fourth-order valence-corrected chi connectivity index (χ4v) is 3.37. The van der Waals surface area contributed by atoms with E-state index in [9.17, 15) is 19.8 Å². The number of nitrogens with one attached hydrogen (secondary N) is 1. The molecule has 22 heavy (non-hydrogen) atoms. The van der Waals surface area contributed by atoms with Gasteiger partial charge in [0.1, 0.15) is 0 Å². The van der Waals surface area contributed by atoms with Gasteiger partial charge in [-0.3, -0.25) is 4.79 Å². The van der Waals surface area contributed by atoms with Crippen LogP contribution in [0.15, 0.2) is 33.4 Å². The summed E-state index contributed by atoms with van der Waals surface area (Å²) in [5.74, 6) is -1.37. The van der Waals surface area contributed by atoms with Crippen molar-refractivity contribution >= 4 is 23.6 Å². The van der Waals surface area contributed by atoms with E-state index in [1.54, 1.807) is 10.3 Å². The van der Waals surface area contributed by atoms with Crippen molar-refractivity contribution in [3.05, 3.63) is 33.4 Å². The largest absolute Gasteiger partial charge is 1.00 e. The van der Waals surface area contributed by atoms with Crippen LogP contribution in [0.4, 0.5) is 0 Å². The first-order valence-corrected chi connectivity index (χ1v) is 7.43. The molecule has 0 aromatic heterocycles. The predicted molar refractivity (Wildman–Crippen MR) is 77.5 cm³/mol. The number of hydrogen-bond acceptors (Lipinski definition) is 6. The van der Waals surface area contributed by atoms with Gasteiger partial charge in [-0.05, 0) is 23.5 Å². The minimum Gasteiger partial charge on any atom is -0.543 e. The molecule has 2 rings (SSSR count). The molecule has 1 unspecified atom stereocenters. The smallest absolute Gasteiger partial charge is 0.543 e. The van der Waals surface area contributed by atoms with Gasteiger partial charge in [-0.15, -0.1) is 0 Å². The Labute approximate surface area is 155 Å². The SMILES string of the molecule is CC(=O)NC=CSC1=C(C(=O)[O-])N2CC(=C(C)CO)C2C1.[Na+]. The van der Waals surface area contributed by atoms with E-state index in [4.69, 9.17) is 0 Å². The summed E-state index contributed by atoms with van der Waals surface area (Å²) in [6.07, 6.45) is 2.07. The molecule has 8 heteroatoms. The van der Waals surface area contributed by atoms with Gasteiger partial charge in [0.05, 0.1) is 24.3 Å². The quantitative estimate of drug-likeness (QED) is 0.405. The molecule has 0 radical (unpaired) electrons. The van der Waals surface area contributed by atoms with Crippen molar-refractivity contribution in [3.63, 3.8) is 0 Å². The van der Waals surface area contributed by atoms with Gasteiger partial charge >= 0.3 is 29.6 Å². The van der Waals surface area contributed by atoms with Crippen LogP contribution in [0, 0.1) is 0 Å². The zero-order chi connectivity index (χ0) is 15.6. The van der Waals surface area contributed by atoms with Crippen molar-refractivity contribution in [2.75, 3.05) is 13.2 Å². The van der Waals surface area contributed by atoms with Gasteiger partial charge in [-0.1, -0.05) is 11.8 Å². The van der Waals surface area contributed by atoms with Crippen LogP contribution in [0.2, 0.25) is 0 Å². The summed E-state index contributed by atoms with van der Waals surface area (Å²) < 4.78 is 0. The summed E-state index contributed by atoms with van der Waals surface area (Å²) in [4.78, 5) is 24.6. The van der Waals surface area contributed by atoms with Crippen molar-refractivity contribution < 1.29 is 49.4 Å². The Morgan fingerprint density at radius 2 is 2.18 bits per heavy atom. The molecule has 114 valence electrons. The second-order valence-corrected chi connectivity index (χ2v) is 5.99. The zero-order valence-electron chi connectivity index (χ0n) is 12.9. The van der Waals surface area contributed by atoms with Gasteiger partial charge in [-0.2, -0.15) is 0 Å². The Morgan fingerprint density at radius 1 is 1.50 bits per heavy atom. The Hall–Kier alpha value is -0.730. The summed E-state index contributed by atoms with van der Waals surface area (Å²) in [6.45, 7) is 3.77. The van der Waals surface area contributed by atoms with Crippen LogP contribution >= 0.6 is 11.8 Å². The average Bonchev–Trinajstić information content (AvgIpc) is 2.68. The molecule has 2 N–H and O–H groups in total. The molecule has 6 nitrogen and oxygen atoms in total. The van der Waals surface area contributed by atoms with Crippen LogP contribution in [0.25, 0.3) is 0 Å². The van der Waals surface area contributed by atoms with E-state index in [1.165, 1.54) is 24.9 Å². The molecule has 1 fully saturated rings. The van der Waals surface area contributed by atoms with Gasteiger partial charge in [0.15, 0.2) is 0 Å². The average molecular weight is 332 g/mol. The number of aliphatic hydroxyl groups is 1. The van der Waals surface area contributed by atoms with Crippen molar-refractivity contribution in [2.45, 2.75) is 26.3 Å². The molecule has 2 heterocycles. The zero-order valence-corrected chi connectivity index (χ0v) is 15.7. The first-order chi connectivity index (χ1) is 9.95. The van der Waals surface area contributed by atoms with E-state index in [0.29, 0.717) is 17.9 Å². The molecule has 0 spiro atoms. The molecule has 1 amide bonds. The monoisotopic (exact) mass is 332 g/mol. The summed E-state index contributed by atoms with van der Waals surface area (Å²) in [7, 11) is 0. The number of thioether (sulfide) groups is 1. The third kappa shape index (κ3) is 3.97. The second kappa shape index (κ2) is 8.21. The van der Waals surface area contributed by atoms with Crippen LogP contribution < -0.4 is 40.0 Å². The van der Waals surface area contributed by atoms with Gasteiger partial charge in [0.25, 0.3) is 0 Å². The Kier molecular flexibility index (Phi) is 7.21. The Morgan fingerprint density at radius 3 is 2.73 bits per heavy atom. The first kappa shape index (κ1) is 19.3. The predicted octanol–water partition coefficient (Wildman–Crippen LogP) is -3.31. The van der Waals surface area contributed by atoms with Crippen molar-refractivity contribution in [1.29, 1.82) is 0 Å². The van der Waals surface area contributed by atoms with Crippen LogP contribution in [0.5, 0.6) is 0 Å². The third-order valence-corrected chi connectivity index (χ3v) is 4.51. The molecule has 0 aliphatic carbocycles. The normalized spacial score (nSPS) is 22.1. The number of aliphatic carboxylic acids is 1. The molecule has 1 saturated heterocycles. The molecule has 0 bridgehead atoms. The molecule has 0 aromatic rings. The van der Waals surface area contributed by atoms with Crippen LogP contribution in [0.3, 0.4) is 0 Å². The summed E-state index contributed by atoms with van der Waals surface area (Å²) in [5.41, 5.74) is 2.21. The van der Waals surface area contributed by atoms with Gasteiger partial charge in [-0.25, -0.2) is 0 Å². The maximum atomic E-state index is 11.3. The number of amides is 1. The van der Waals surface area contributed by atoms with Crippen LogP contribution in [-0.2, 0) is 9.59 Å². The number of aliphatic hydroxyl groups excluding tert-OH is 1. The molecule has 0 saturated carbocycles. The molecular formula is C14H17N2NaO4S. The molecule has 2 aliphatic rings. The number of rotatable bonds is 5. The molecule has 0 aromatic carbocycles. The van der Waals surface area contributed by atoms with Crippen molar-refractivity contribution in [1.82, 2.24) is 10.2 Å². The van der Waals surface area contributed by atoms with Crippen LogP contribution in [0.1, 0.15) is 20.3 Å². The maximum Gasteiger partial charge on any atom is 1.00 e. The number of nitrogens with zero attached hydrogens (tertiary/aromatic N) is 1. The Balaban J connectivity index is 0.00000242. The topological polar surface area (TPSA) is 92.7 Å². The van der Waals surface area contributed by atoms with E-state index in [0.717, 1.165) is 11.1 Å². The number of carboxylic acids is 1. The van der Waals surface area contributed by atoms with Gasteiger partial charge in [0.2, 0.25) is 5.91 Å². The van der Waals surface area contributed by atoms with Gasteiger partial charge in [0, 0.05) is 31.0 Å². The fourth-order valence-electron chi connectivity index (χ4n) is 2.50.